The maximum absolute atomic E-state index is 13.3. The summed E-state index contributed by atoms with van der Waals surface area (Å²) in [4.78, 5) is 0. The van der Waals surface area contributed by atoms with E-state index in [0.29, 0.717) is 13.1 Å². The number of hydrogen-bond acceptors (Lipinski definition) is 3. The molecule has 1 rings (SSSR count). The molecule has 1 aromatic carbocycles. The second-order valence-corrected chi connectivity index (χ2v) is 5.03. The molecule has 96 valence electrons. The van der Waals surface area contributed by atoms with Gasteiger partial charge in [-0.05, 0) is 12.1 Å². The third kappa shape index (κ3) is 3.31. The van der Waals surface area contributed by atoms with Gasteiger partial charge in [-0.15, -0.1) is 0 Å². The highest BCUT2D eigenvalue weighted by Gasteiger charge is 2.19. The predicted molar refractivity (Wildman–Crippen MR) is 63.5 cm³/mol. The molecule has 0 aliphatic heterocycles. The summed E-state index contributed by atoms with van der Waals surface area (Å²) in [6.45, 7) is 3.98. The zero-order valence-corrected chi connectivity index (χ0v) is 10.5. The molecule has 7 heteroatoms. The Morgan fingerprint density at radius 2 is 1.94 bits per heavy atom. The topological polar surface area (TPSA) is 69.6 Å². The third-order valence-corrected chi connectivity index (χ3v) is 3.91. The van der Waals surface area contributed by atoms with Crippen molar-refractivity contribution in [2.24, 2.45) is 0 Å². The van der Waals surface area contributed by atoms with Gasteiger partial charge in [0.25, 0.3) is 0 Å². The number of anilines is 1. The zero-order valence-electron chi connectivity index (χ0n) is 9.64. The van der Waals surface area contributed by atoms with Crippen molar-refractivity contribution < 1.29 is 17.9 Å². The first-order chi connectivity index (χ1) is 7.90. The Hall–Kier alpha value is -1.34. The van der Waals surface area contributed by atoms with Crippen molar-refractivity contribution in [3.05, 3.63) is 24.0 Å². The highest BCUT2D eigenvalue weighted by atomic mass is 32.2. The number of phenols is 1. The fourth-order valence-corrected chi connectivity index (χ4v) is 2.61. The number of nitrogens with zero attached hydrogens (tertiary/aromatic N) is 1. The molecule has 0 atom stereocenters. The largest absolute Gasteiger partial charge is 0.508 e. The van der Waals surface area contributed by atoms with Gasteiger partial charge in [-0.25, -0.2) is 4.39 Å². The first kappa shape index (κ1) is 13.7. The zero-order chi connectivity index (χ0) is 13.1. The summed E-state index contributed by atoms with van der Waals surface area (Å²) in [5.41, 5.74) is -0.185. The predicted octanol–water partition coefficient (Wildman–Crippen LogP) is 1.53. The van der Waals surface area contributed by atoms with Crippen molar-refractivity contribution in [2.75, 3.05) is 17.8 Å². The minimum absolute atomic E-state index is 0.185. The number of benzene rings is 1. The van der Waals surface area contributed by atoms with Gasteiger partial charge in [-0.3, -0.25) is 4.72 Å². The number of hydrogen-bond donors (Lipinski definition) is 2. The lowest BCUT2D eigenvalue weighted by Crippen LogP contribution is -2.35. The molecule has 5 nitrogen and oxygen atoms in total. The summed E-state index contributed by atoms with van der Waals surface area (Å²) in [5, 5.41) is 9.01. The van der Waals surface area contributed by atoms with Crippen molar-refractivity contribution in [2.45, 2.75) is 13.8 Å². The van der Waals surface area contributed by atoms with Crippen LogP contribution in [-0.2, 0) is 10.2 Å². The molecule has 0 radical (unpaired) electrons. The lowest BCUT2D eigenvalue weighted by molar-refractivity contribution is 0.449. The van der Waals surface area contributed by atoms with E-state index in [4.69, 9.17) is 5.11 Å². The molecule has 0 aromatic heterocycles. The normalized spacial score (nSPS) is 11.8. The highest BCUT2D eigenvalue weighted by Crippen LogP contribution is 2.21. The minimum atomic E-state index is -3.75. The van der Waals surface area contributed by atoms with E-state index in [2.05, 4.69) is 4.72 Å². The first-order valence-corrected chi connectivity index (χ1v) is 6.61. The average Bonchev–Trinajstić information content (AvgIpc) is 2.23. The van der Waals surface area contributed by atoms with Crippen molar-refractivity contribution in [3.8, 4) is 5.75 Å². The molecule has 0 amide bonds. The highest BCUT2D eigenvalue weighted by molar-refractivity contribution is 7.90. The molecule has 2 N–H and O–H groups in total. The SMILES string of the molecule is CCN(CC)S(=O)(=O)Nc1ccc(O)cc1F. The molecule has 0 fully saturated rings. The standard InChI is InChI=1S/C10H15FN2O3S/c1-3-13(4-2)17(15,16)12-10-6-5-8(14)7-9(10)11/h5-7,12,14H,3-4H2,1-2H3. The van der Waals surface area contributed by atoms with Crippen LogP contribution in [0.4, 0.5) is 10.1 Å². The molecule has 1 aromatic rings. The Balaban J connectivity index is 2.98. The fourth-order valence-electron chi connectivity index (χ4n) is 1.35. The lowest BCUT2D eigenvalue weighted by atomic mass is 10.3. The van der Waals surface area contributed by atoms with Crippen LogP contribution in [0.3, 0.4) is 0 Å². The van der Waals surface area contributed by atoms with Gasteiger partial charge in [-0.1, -0.05) is 13.8 Å². The van der Waals surface area contributed by atoms with Gasteiger partial charge in [0.1, 0.15) is 5.75 Å². The number of aromatic hydroxyl groups is 1. The van der Waals surface area contributed by atoms with E-state index in [1.807, 2.05) is 0 Å². The first-order valence-electron chi connectivity index (χ1n) is 5.17. The van der Waals surface area contributed by atoms with Crippen LogP contribution >= 0.6 is 0 Å². The average molecular weight is 262 g/mol. The van der Waals surface area contributed by atoms with E-state index in [0.717, 1.165) is 6.07 Å². The Kier molecular flexibility index (Phi) is 4.30. The van der Waals surface area contributed by atoms with Crippen LogP contribution in [0, 0.1) is 5.82 Å². The maximum atomic E-state index is 13.3. The Bertz CT molecular complexity index is 486. The minimum Gasteiger partial charge on any atom is -0.508 e. The molecule has 0 heterocycles. The molecule has 0 bridgehead atoms. The van der Waals surface area contributed by atoms with Crippen molar-refractivity contribution in [1.29, 1.82) is 0 Å². The molecule has 0 unspecified atom stereocenters. The molecular weight excluding hydrogens is 247 g/mol. The monoisotopic (exact) mass is 262 g/mol. The van der Waals surface area contributed by atoms with Crippen LogP contribution in [0.1, 0.15) is 13.8 Å². The Morgan fingerprint density at radius 1 is 1.35 bits per heavy atom. The van der Waals surface area contributed by atoms with Gasteiger partial charge < -0.3 is 5.11 Å². The van der Waals surface area contributed by atoms with E-state index in [-0.39, 0.29) is 11.4 Å². The van der Waals surface area contributed by atoms with Gasteiger partial charge in [0.15, 0.2) is 5.82 Å². The summed E-state index contributed by atoms with van der Waals surface area (Å²) >= 11 is 0. The Labute approximate surface area is 100 Å². The second kappa shape index (κ2) is 5.33. The van der Waals surface area contributed by atoms with E-state index in [1.54, 1.807) is 13.8 Å². The molecule has 0 saturated carbocycles. The van der Waals surface area contributed by atoms with Gasteiger partial charge in [0.05, 0.1) is 5.69 Å². The summed E-state index contributed by atoms with van der Waals surface area (Å²) in [5.74, 6) is -1.07. The number of phenolic OH excluding ortho intramolecular Hbond substituents is 1. The summed E-state index contributed by atoms with van der Waals surface area (Å²) in [6.07, 6.45) is 0. The van der Waals surface area contributed by atoms with E-state index in [1.165, 1.54) is 16.4 Å². The quantitative estimate of drug-likeness (QED) is 0.791. The van der Waals surface area contributed by atoms with Gasteiger partial charge in [-0.2, -0.15) is 12.7 Å². The molecule has 0 saturated heterocycles. The fraction of sp³-hybridized carbons (Fsp3) is 0.400. The number of nitrogens with one attached hydrogen (secondary N) is 1. The van der Waals surface area contributed by atoms with E-state index in [9.17, 15) is 12.8 Å². The number of halogens is 1. The van der Waals surface area contributed by atoms with E-state index < -0.39 is 16.0 Å². The van der Waals surface area contributed by atoms with Crippen LogP contribution in [0.5, 0.6) is 5.75 Å². The maximum Gasteiger partial charge on any atom is 0.301 e. The smallest absolute Gasteiger partial charge is 0.301 e. The van der Waals surface area contributed by atoms with Gasteiger partial charge in [0.2, 0.25) is 0 Å². The van der Waals surface area contributed by atoms with Crippen LogP contribution in [0.2, 0.25) is 0 Å². The summed E-state index contributed by atoms with van der Waals surface area (Å²) in [6, 6.07) is 3.23. The van der Waals surface area contributed by atoms with Crippen LogP contribution in [0.15, 0.2) is 18.2 Å². The van der Waals surface area contributed by atoms with Crippen LogP contribution in [-0.4, -0.2) is 30.9 Å². The van der Waals surface area contributed by atoms with Crippen LogP contribution < -0.4 is 4.72 Å². The van der Waals surface area contributed by atoms with Crippen LogP contribution in [0.25, 0.3) is 0 Å². The third-order valence-electron chi connectivity index (χ3n) is 2.24. The van der Waals surface area contributed by atoms with Crippen molar-refractivity contribution in [3.63, 3.8) is 0 Å². The second-order valence-electron chi connectivity index (χ2n) is 3.36. The molecule has 0 aliphatic rings. The van der Waals surface area contributed by atoms with Crippen molar-refractivity contribution >= 4 is 15.9 Å². The lowest BCUT2D eigenvalue weighted by Gasteiger charge is -2.19. The molecule has 0 spiro atoms. The molecular formula is C10H15FN2O3S. The van der Waals surface area contributed by atoms with Gasteiger partial charge >= 0.3 is 10.2 Å². The Morgan fingerprint density at radius 3 is 2.41 bits per heavy atom. The summed E-state index contributed by atoms with van der Waals surface area (Å²) < 4.78 is 40.2. The summed E-state index contributed by atoms with van der Waals surface area (Å²) in [7, 11) is -3.75. The van der Waals surface area contributed by atoms with Crippen molar-refractivity contribution in [1.82, 2.24) is 4.31 Å². The molecule has 17 heavy (non-hydrogen) atoms. The van der Waals surface area contributed by atoms with E-state index >= 15 is 0 Å². The number of rotatable bonds is 5. The molecule has 0 aliphatic carbocycles. The van der Waals surface area contributed by atoms with Gasteiger partial charge in [0, 0.05) is 19.2 Å².